The Labute approximate surface area is 129 Å². The third-order valence-corrected chi connectivity index (χ3v) is 3.70. The zero-order valence-electron chi connectivity index (χ0n) is 11.3. The second kappa shape index (κ2) is 6.19. The number of amides is 1. The zero-order chi connectivity index (χ0) is 15.6. The Kier molecular flexibility index (Phi) is 4.54. The first kappa shape index (κ1) is 15.4. The molecule has 1 heterocycles. The number of anilines is 1. The molecule has 0 unspecified atom stereocenters. The van der Waals surface area contributed by atoms with Crippen LogP contribution in [0.5, 0.6) is 0 Å². The van der Waals surface area contributed by atoms with Gasteiger partial charge < -0.3 is 10.4 Å². The summed E-state index contributed by atoms with van der Waals surface area (Å²) in [6.45, 7) is 3.80. The number of carboxylic acid groups (broad SMARTS) is 1. The third kappa shape index (κ3) is 3.37. The summed E-state index contributed by atoms with van der Waals surface area (Å²) in [7, 11) is 0. The van der Waals surface area contributed by atoms with Crippen molar-refractivity contribution in [2.45, 2.75) is 19.8 Å². The van der Waals surface area contributed by atoms with E-state index >= 15 is 0 Å². The van der Waals surface area contributed by atoms with E-state index in [0.29, 0.717) is 15.6 Å². The van der Waals surface area contributed by atoms with Gasteiger partial charge in [-0.05, 0) is 35.6 Å². The first-order valence-corrected chi connectivity index (χ1v) is 7.21. The molecule has 0 spiro atoms. The molecule has 110 valence electrons. The maximum atomic E-state index is 12.3. The number of carboxylic acids is 1. The number of hydrogen-bond acceptors (Lipinski definition) is 5. The standard InChI is InChI=1S/C13H12ClN3O3S/c1-6(2)10-11(21-17-16-10)12(18)15-9-5-7(14)3-4-8(9)13(19)20/h3-6H,1-2H3,(H,15,18)(H,19,20). The van der Waals surface area contributed by atoms with E-state index in [9.17, 15) is 9.59 Å². The summed E-state index contributed by atoms with van der Waals surface area (Å²) < 4.78 is 3.77. The van der Waals surface area contributed by atoms with Gasteiger partial charge in [-0.25, -0.2) is 4.79 Å². The van der Waals surface area contributed by atoms with E-state index in [-0.39, 0.29) is 17.2 Å². The number of aromatic nitrogens is 2. The molecular formula is C13H12ClN3O3S. The smallest absolute Gasteiger partial charge is 0.337 e. The Hall–Kier alpha value is -1.99. The van der Waals surface area contributed by atoms with E-state index in [2.05, 4.69) is 14.9 Å². The topological polar surface area (TPSA) is 92.2 Å². The lowest BCUT2D eigenvalue weighted by molar-refractivity contribution is 0.0698. The number of aromatic carboxylic acids is 1. The molecule has 0 bridgehead atoms. The highest BCUT2D eigenvalue weighted by atomic mass is 35.5. The minimum atomic E-state index is -1.14. The summed E-state index contributed by atoms with van der Waals surface area (Å²) in [4.78, 5) is 23.8. The molecule has 0 fully saturated rings. The summed E-state index contributed by atoms with van der Waals surface area (Å²) in [5.74, 6) is -1.55. The quantitative estimate of drug-likeness (QED) is 0.900. The number of hydrogen-bond donors (Lipinski definition) is 2. The number of halogens is 1. The van der Waals surface area contributed by atoms with Gasteiger partial charge in [-0.15, -0.1) is 5.10 Å². The minimum Gasteiger partial charge on any atom is -0.478 e. The maximum absolute atomic E-state index is 12.3. The molecule has 2 N–H and O–H groups in total. The van der Waals surface area contributed by atoms with Crippen molar-refractivity contribution in [2.24, 2.45) is 0 Å². The van der Waals surface area contributed by atoms with E-state index in [0.717, 1.165) is 11.5 Å². The molecule has 2 rings (SSSR count). The van der Waals surface area contributed by atoms with Crippen LogP contribution in [0.15, 0.2) is 18.2 Å². The monoisotopic (exact) mass is 325 g/mol. The molecule has 0 saturated heterocycles. The number of rotatable bonds is 4. The lowest BCUT2D eigenvalue weighted by Crippen LogP contribution is -2.15. The first-order valence-electron chi connectivity index (χ1n) is 6.06. The van der Waals surface area contributed by atoms with Crippen LogP contribution in [0, 0.1) is 0 Å². The molecule has 1 amide bonds. The summed E-state index contributed by atoms with van der Waals surface area (Å²) >= 11 is 6.82. The number of nitrogens with zero attached hydrogens (tertiary/aromatic N) is 2. The number of carbonyl (C=O) groups is 2. The summed E-state index contributed by atoms with van der Waals surface area (Å²) in [5.41, 5.74) is 0.691. The van der Waals surface area contributed by atoms with Crippen LogP contribution in [0.1, 0.15) is 45.5 Å². The van der Waals surface area contributed by atoms with Crippen molar-refractivity contribution in [3.63, 3.8) is 0 Å². The van der Waals surface area contributed by atoms with Crippen molar-refractivity contribution in [1.82, 2.24) is 9.59 Å². The predicted molar refractivity (Wildman–Crippen MR) is 80.4 cm³/mol. The Balaban J connectivity index is 2.33. The number of nitrogens with one attached hydrogen (secondary N) is 1. The van der Waals surface area contributed by atoms with E-state index < -0.39 is 11.9 Å². The van der Waals surface area contributed by atoms with Crippen molar-refractivity contribution in [1.29, 1.82) is 0 Å². The minimum absolute atomic E-state index is 0.0312. The van der Waals surface area contributed by atoms with Crippen LogP contribution < -0.4 is 5.32 Å². The summed E-state index contributed by atoms with van der Waals surface area (Å²) in [6, 6.07) is 4.19. The van der Waals surface area contributed by atoms with Gasteiger partial charge in [-0.3, -0.25) is 4.79 Å². The van der Waals surface area contributed by atoms with E-state index in [1.54, 1.807) is 0 Å². The molecule has 8 heteroatoms. The molecular weight excluding hydrogens is 314 g/mol. The molecule has 6 nitrogen and oxygen atoms in total. The Morgan fingerprint density at radius 2 is 2.10 bits per heavy atom. The Morgan fingerprint density at radius 1 is 1.38 bits per heavy atom. The molecule has 2 aromatic rings. The van der Waals surface area contributed by atoms with Gasteiger partial charge in [0.05, 0.1) is 16.9 Å². The van der Waals surface area contributed by atoms with Crippen LogP contribution in [0.3, 0.4) is 0 Å². The molecule has 21 heavy (non-hydrogen) atoms. The van der Waals surface area contributed by atoms with Gasteiger partial charge >= 0.3 is 5.97 Å². The van der Waals surface area contributed by atoms with Crippen molar-refractivity contribution in [2.75, 3.05) is 5.32 Å². The molecule has 1 aromatic heterocycles. The summed E-state index contributed by atoms with van der Waals surface area (Å²) in [5, 5.41) is 15.9. The predicted octanol–water partition coefficient (Wildman–Crippen LogP) is 3.27. The number of benzene rings is 1. The van der Waals surface area contributed by atoms with Gasteiger partial charge in [-0.1, -0.05) is 29.9 Å². The SMILES string of the molecule is CC(C)c1nnsc1C(=O)Nc1cc(Cl)ccc1C(=O)O. The lowest BCUT2D eigenvalue weighted by Gasteiger charge is -2.09. The van der Waals surface area contributed by atoms with Gasteiger partial charge in [0, 0.05) is 5.02 Å². The van der Waals surface area contributed by atoms with Gasteiger partial charge in [0.25, 0.3) is 5.91 Å². The zero-order valence-corrected chi connectivity index (χ0v) is 12.8. The lowest BCUT2D eigenvalue weighted by atomic mass is 10.1. The van der Waals surface area contributed by atoms with E-state index in [1.807, 2.05) is 13.8 Å². The average molecular weight is 326 g/mol. The largest absolute Gasteiger partial charge is 0.478 e. The molecule has 0 saturated carbocycles. The van der Waals surface area contributed by atoms with Gasteiger partial charge in [0.1, 0.15) is 4.88 Å². The van der Waals surface area contributed by atoms with Crippen LogP contribution >= 0.6 is 23.1 Å². The van der Waals surface area contributed by atoms with Crippen molar-refractivity contribution in [3.8, 4) is 0 Å². The highest BCUT2D eigenvalue weighted by Crippen LogP contribution is 2.24. The fourth-order valence-electron chi connectivity index (χ4n) is 1.72. The van der Waals surface area contributed by atoms with Crippen LogP contribution in [0.25, 0.3) is 0 Å². The molecule has 1 aromatic carbocycles. The Morgan fingerprint density at radius 3 is 2.71 bits per heavy atom. The molecule has 0 aliphatic heterocycles. The maximum Gasteiger partial charge on any atom is 0.337 e. The van der Waals surface area contributed by atoms with Crippen LogP contribution in [-0.4, -0.2) is 26.6 Å². The highest BCUT2D eigenvalue weighted by molar-refractivity contribution is 7.08. The normalized spacial score (nSPS) is 10.7. The fourth-order valence-corrected chi connectivity index (χ4v) is 2.60. The van der Waals surface area contributed by atoms with Crippen molar-refractivity contribution >= 4 is 40.7 Å². The van der Waals surface area contributed by atoms with Crippen LogP contribution in [0.2, 0.25) is 5.02 Å². The Bertz CT molecular complexity index is 700. The van der Waals surface area contributed by atoms with Crippen LogP contribution in [-0.2, 0) is 0 Å². The van der Waals surface area contributed by atoms with Gasteiger partial charge in [-0.2, -0.15) is 0 Å². The van der Waals surface area contributed by atoms with Crippen LogP contribution in [0.4, 0.5) is 5.69 Å². The van der Waals surface area contributed by atoms with E-state index in [4.69, 9.17) is 16.7 Å². The van der Waals surface area contributed by atoms with Gasteiger partial charge in [0.15, 0.2) is 0 Å². The molecule has 0 aliphatic carbocycles. The molecule has 0 aliphatic rings. The van der Waals surface area contributed by atoms with Crippen molar-refractivity contribution < 1.29 is 14.7 Å². The second-order valence-corrected chi connectivity index (χ2v) is 5.78. The van der Waals surface area contributed by atoms with Crippen molar-refractivity contribution in [3.05, 3.63) is 39.4 Å². The molecule has 0 atom stereocenters. The second-order valence-electron chi connectivity index (χ2n) is 4.59. The fraction of sp³-hybridized carbons (Fsp3) is 0.231. The average Bonchev–Trinajstić information content (AvgIpc) is 2.87. The third-order valence-electron chi connectivity index (χ3n) is 2.73. The highest BCUT2D eigenvalue weighted by Gasteiger charge is 2.20. The first-order chi connectivity index (χ1) is 9.90. The van der Waals surface area contributed by atoms with Gasteiger partial charge in [0.2, 0.25) is 0 Å². The molecule has 0 radical (unpaired) electrons. The van der Waals surface area contributed by atoms with E-state index in [1.165, 1.54) is 18.2 Å². The summed E-state index contributed by atoms with van der Waals surface area (Å²) in [6.07, 6.45) is 0. The number of carbonyl (C=O) groups excluding carboxylic acids is 1.